The summed E-state index contributed by atoms with van der Waals surface area (Å²) in [6, 6.07) is 0. The van der Waals surface area contributed by atoms with Gasteiger partial charge in [0, 0.05) is 4.57 Å². The zero-order valence-electron chi connectivity index (χ0n) is 5.22. The summed E-state index contributed by atoms with van der Waals surface area (Å²) < 4.78 is 27.4. The maximum Gasteiger partial charge on any atom is 1.00 e. The van der Waals surface area contributed by atoms with Crippen LogP contribution in [0.1, 0.15) is 0 Å². The van der Waals surface area contributed by atoms with E-state index in [1.165, 1.54) is 0 Å². The van der Waals surface area contributed by atoms with Gasteiger partial charge in [-0.2, -0.15) is 0 Å². The van der Waals surface area contributed by atoms with Gasteiger partial charge in [0.1, 0.15) is 10.6 Å². The summed E-state index contributed by atoms with van der Waals surface area (Å²) in [7, 11) is -5.69. The van der Waals surface area contributed by atoms with Gasteiger partial charge in [0.2, 0.25) is 0 Å². The van der Waals surface area contributed by atoms with Crippen molar-refractivity contribution in [2.24, 2.45) is 0 Å². The van der Waals surface area contributed by atoms with Crippen LogP contribution < -0.4 is 34.5 Å². The van der Waals surface area contributed by atoms with Crippen LogP contribution in [0.3, 0.4) is 0 Å². The van der Waals surface area contributed by atoms with Gasteiger partial charge in [-0.3, -0.25) is 0 Å². The van der Waals surface area contributed by atoms with E-state index in [9.17, 15) is 14.0 Å². The van der Waals surface area contributed by atoms with Crippen LogP contribution in [0.4, 0.5) is 0 Å². The predicted octanol–water partition coefficient (Wildman–Crippen LogP) is -2.16. The largest absolute Gasteiger partial charge is 1.00 e. The van der Waals surface area contributed by atoms with Crippen molar-refractivity contribution in [3.05, 3.63) is 12.8 Å². The minimum Gasteiger partial charge on any atom is -0.563 e. The first-order valence-corrected chi connectivity index (χ1v) is 3.93. The van der Waals surface area contributed by atoms with Crippen LogP contribution in [0.15, 0.2) is 12.8 Å². The van der Waals surface area contributed by atoms with Gasteiger partial charge in [0.25, 0.3) is 0 Å². The van der Waals surface area contributed by atoms with Crippen LogP contribution in [0.5, 0.6) is 0 Å². The molecule has 0 bridgehead atoms. The molecular formula is C2H3NaO5P2+2. The van der Waals surface area contributed by atoms with Crippen molar-refractivity contribution in [1.82, 2.24) is 0 Å². The van der Waals surface area contributed by atoms with Crippen molar-refractivity contribution >= 4 is 16.5 Å². The predicted molar refractivity (Wildman–Crippen MR) is 27.6 cm³/mol. The summed E-state index contributed by atoms with van der Waals surface area (Å²) in [5, 5.41) is 0. The van der Waals surface area contributed by atoms with Crippen molar-refractivity contribution in [2.75, 3.05) is 0 Å². The smallest absolute Gasteiger partial charge is 0.563 e. The van der Waals surface area contributed by atoms with Crippen LogP contribution in [-0.2, 0) is 18.0 Å². The molecule has 0 fully saturated rings. The molecule has 0 saturated heterocycles. The van der Waals surface area contributed by atoms with E-state index >= 15 is 0 Å². The van der Waals surface area contributed by atoms with E-state index in [-0.39, 0.29) is 29.6 Å². The Bertz CT molecular complexity index is 147. The molecule has 0 spiro atoms. The first-order chi connectivity index (χ1) is 4.16. The van der Waals surface area contributed by atoms with Crippen molar-refractivity contribution in [3.8, 4) is 0 Å². The molecule has 0 aliphatic carbocycles. The molecule has 0 aromatic carbocycles. The molecule has 50 valence electrons. The monoisotopic (exact) mass is 192 g/mol. The van der Waals surface area contributed by atoms with Crippen LogP contribution in [0, 0.1) is 0 Å². The first kappa shape index (κ1) is 13.3. The van der Waals surface area contributed by atoms with Crippen molar-refractivity contribution in [1.29, 1.82) is 0 Å². The molecule has 0 aromatic rings. The summed E-state index contributed by atoms with van der Waals surface area (Å²) in [5.41, 5.74) is 0. The van der Waals surface area contributed by atoms with Gasteiger partial charge in [0.15, 0.2) is 0 Å². The Morgan fingerprint density at radius 2 is 2.00 bits per heavy atom. The van der Waals surface area contributed by atoms with Gasteiger partial charge in [0.05, 0.1) is 0 Å². The fraction of sp³-hybridized carbons (Fsp3) is 0. The zero-order chi connectivity index (χ0) is 7.28. The Hall–Kier alpha value is 0.660. The first-order valence-electron chi connectivity index (χ1n) is 1.74. The fourth-order valence-electron chi connectivity index (χ4n) is 0.135. The molecule has 5 nitrogen and oxygen atoms in total. The van der Waals surface area contributed by atoms with E-state index in [0.717, 1.165) is 6.26 Å². The molecular weight excluding hydrogens is 189 g/mol. The van der Waals surface area contributed by atoms with Crippen LogP contribution in [-0.4, -0.2) is 0 Å². The molecule has 0 amide bonds. The molecule has 0 aromatic heterocycles. The van der Waals surface area contributed by atoms with Crippen LogP contribution in [0.2, 0.25) is 0 Å². The Kier molecular flexibility index (Phi) is 10.3. The van der Waals surface area contributed by atoms with Crippen molar-refractivity contribution < 1.29 is 52.4 Å². The van der Waals surface area contributed by atoms with Gasteiger partial charge < -0.3 is 4.89 Å². The minimum absolute atomic E-state index is 0. The van der Waals surface area contributed by atoms with E-state index < -0.39 is 16.5 Å². The topological polar surface area (TPSA) is 75.7 Å². The van der Waals surface area contributed by atoms with Crippen LogP contribution in [0.25, 0.3) is 0 Å². The molecule has 2 atom stereocenters. The SMILES string of the molecule is C=CO[P+](=O)O[P+](=O)[O-].[Na+]. The third-order valence-corrected chi connectivity index (χ3v) is 1.68. The summed E-state index contributed by atoms with van der Waals surface area (Å²) in [5.74, 6) is 0. The number of hydrogen-bond acceptors (Lipinski definition) is 5. The molecule has 0 N–H and O–H groups in total. The third-order valence-electron chi connectivity index (χ3n) is 0.294. The summed E-state index contributed by atoms with van der Waals surface area (Å²) in [6.45, 7) is 3.03. The van der Waals surface area contributed by atoms with E-state index in [2.05, 4.69) is 15.4 Å². The normalized spacial score (nSPS) is 10.9. The van der Waals surface area contributed by atoms with E-state index in [0.29, 0.717) is 0 Å². The average molecular weight is 192 g/mol. The average Bonchev–Trinajstić information content (AvgIpc) is 1.63. The molecule has 0 radical (unpaired) electrons. The number of hydrogen-bond donors (Lipinski definition) is 0. The zero-order valence-corrected chi connectivity index (χ0v) is 9.01. The van der Waals surface area contributed by atoms with Gasteiger partial charge in [-0.05, 0) is 4.57 Å². The van der Waals surface area contributed by atoms with E-state index in [1.54, 1.807) is 0 Å². The maximum atomic E-state index is 10.1. The van der Waals surface area contributed by atoms with Gasteiger partial charge in [-0.25, -0.2) is 4.52 Å². The quantitative estimate of drug-likeness (QED) is 0.288. The second-order valence-corrected chi connectivity index (χ2v) is 2.56. The van der Waals surface area contributed by atoms with E-state index in [4.69, 9.17) is 0 Å². The summed E-state index contributed by atoms with van der Waals surface area (Å²) in [6.07, 6.45) is 0.831. The van der Waals surface area contributed by atoms with E-state index in [1.807, 2.05) is 0 Å². The van der Waals surface area contributed by atoms with Gasteiger partial charge in [-0.15, -0.1) is 0 Å². The summed E-state index contributed by atoms with van der Waals surface area (Å²) >= 11 is 0. The second-order valence-electron chi connectivity index (χ2n) is 0.801. The molecule has 0 saturated carbocycles. The molecule has 0 rings (SSSR count). The van der Waals surface area contributed by atoms with Crippen LogP contribution >= 0.6 is 16.5 Å². The van der Waals surface area contributed by atoms with Crippen molar-refractivity contribution in [2.45, 2.75) is 0 Å². The standard InChI is InChI=1S/C2H3O5P2.Na/c1-2-6-9(5)7-8(3)4;/h2H,1H2;/q2*+1. The molecule has 2 unspecified atom stereocenters. The Labute approximate surface area is 81.6 Å². The fourth-order valence-corrected chi connectivity index (χ4v) is 0.846. The summed E-state index contributed by atoms with van der Waals surface area (Å²) in [4.78, 5) is 9.60. The van der Waals surface area contributed by atoms with Crippen molar-refractivity contribution in [3.63, 3.8) is 0 Å². The van der Waals surface area contributed by atoms with Gasteiger partial charge in [-0.1, -0.05) is 6.58 Å². The third kappa shape index (κ3) is 8.66. The maximum absolute atomic E-state index is 10.1. The molecule has 0 aliphatic heterocycles. The van der Waals surface area contributed by atoms with Gasteiger partial charge >= 0.3 is 46.1 Å². The molecule has 10 heavy (non-hydrogen) atoms. The Balaban J connectivity index is 0. The Morgan fingerprint density at radius 1 is 1.50 bits per heavy atom. The molecule has 0 heterocycles. The molecule has 0 aliphatic rings. The second kappa shape index (κ2) is 7.76. The Morgan fingerprint density at radius 3 is 2.30 bits per heavy atom. The number of rotatable bonds is 4. The molecule has 8 heteroatoms. The minimum atomic E-state index is -3.11.